The number of hydrogen-bond acceptors (Lipinski definition) is 3. The molecule has 0 radical (unpaired) electrons. The van der Waals surface area contributed by atoms with E-state index in [9.17, 15) is 0 Å². The van der Waals surface area contributed by atoms with Crippen molar-refractivity contribution in [1.29, 1.82) is 0 Å². The van der Waals surface area contributed by atoms with E-state index in [1.165, 1.54) is 0 Å². The Morgan fingerprint density at radius 1 is 0.852 bits per heavy atom. The summed E-state index contributed by atoms with van der Waals surface area (Å²) in [6.07, 6.45) is 3.21. The van der Waals surface area contributed by atoms with Crippen LogP contribution in [0.25, 0.3) is 0 Å². The standard InChI is InChI=1S/C20H50O3Si4/c1-15-19(5,21-24(6)23-26(10,11)12)18(4)27(13,14)22-20(16-2,17-3)25(7,8)9/h18,24H,15-17H2,1-14H3/t18?,19-,24?/m1/s1. The zero-order valence-corrected chi connectivity index (χ0v) is 25.2. The van der Waals surface area contributed by atoms with Crippen molar-refractivity contribution < 1.29 is 13.0 Å². The van der Waals surface area contributed by atoms with Gasteiger partial charge in [-0.3, -0.25) is 0 Å². The van der Waals surface area contributed by atoms with Crippen molar-refractivity contribution >= 4 is 34.0 Å². The van der Waals surface area contributed by atoms with Crippen LogP contribution in [0.3, 0.4) is 0 Å². The highest BCUT2D eigenvalue weighted by Gasteiger charge is 2.51. The molecule has 0 aromatic rings. The van der Waals surface area contributed by atoms with Gasteiger partial charge in [-0.05, 0) is 65.5 Å². The molecule has 7 heteroatoms. The molecule has 0 spiro atoms. The molecule has 3 nitrogen and oxygen atoms in total. The van der Waals surface area contributed by atoms with E-state index in [1.807, 2.05) is 0 Å². The van der Waals surface area contributed by atoms with Crippen LogP contribution in [0.4, 0.5) is 0 Å². The Morgan fingerprint density at radius 2 is 1.30 bits per heavy atom. The third-order valence-electron chi connectivity index (χ3n) is 6.58. The van der Waals surface area contributed by atoms with Crippen LogP contribution < -0.4 is 0 Å². The molecule has 0 aromatic heterocycles. The van der Waals surface area contributed by atoms with E-state index in [0.717, 1.165) is 19.3 Å². The van der Waals surface area contributed by atoms with Gasteiger partial charge in [0.05, 0.1) is 13.7 Å². The predicted molar refractivity (Wildman–Crippen MR) is 132 cm³/mol. The fraction of sp³-hybridized carbons (Fsp3) is 1.00. The molecule has 3 atom stereocenters. The maximum absolute atomic E-state index is 7.18. The molecule has 0 saturated carbocycles. The minimum Gasteiger partial charge on any atom is -0.438 e. The lowest BCUT2D eigenvalue weighted by Crippen LogP contribution is -2.61. The molecule has 0 bridgehead atoms. The molecule has 0 rings (SSSR count). The molecular formula is C20H50O3Si4. The average Bonchev–Trinajstić information content (AvgIpc) is 2.48. The summed E-state index contributed by atoms with van der Waals surface area (Å²) in [5.41, 5.74) is 0.234. The van der Waals surface area contributed by atoms with E-state index < -0.39 is 34.0 Å². The summed E-state index contributed by atoms with van der Waals surface area (Å²) in [5.74, 6) is 0. The second kappa shape index (κ2) is 9.70. The van der Waals surface area contributed by atoms with Crippen LogP contribution in [-0.2, 0) is 13.0 Å². The molecule has 0 saturated heterocycles. The minimum atomic E-state index is -1.99. The molecule has 0 aliphatic rings. The molecule has 0 heterocycles. The first kappa shape index (κ1) is 27.7. The van der Waals surface area contributed by atoms with E-state index in [4.69, 9.17) is 13.0 Å². The topological polar surface area (TPSA) is 27.7 Å². The second-order valence-electron chi connectivity index (χ2n) is 11.0. The summed E-state index contributed by atoms with van der Waals surface area (Å²) in [6, 6.07) is 0. The van der Waals surface area contributed by atoms with E-state index in [0.29, 0.717) is 5.54 Å². The van der Waals surface area contributed by atoms with Gasteiger partial charge in [0.1, 0.15) is 0 Å². The van der Waals surface area contributed by atoms with Gasteiger partial charge in [0.2, 0.25) is 0 Å². The molecule has 0 aliphatic carbocycles. The largest absolute Gasteiger partial charge is 0.438 e. The fourth-order valence-electron chi connectivity index (χ4n) is 4.33. The van der Waals surface area contributed by atoms with E-state index in [-0.39, 0.29) is 10.8 Å². The van der Waals surface area contributed by atoms with Crippen molar-refractivity contribution in [3.63, 3.8) is 0 Å². The maximum atomic E-state index is 7.18. The van der Waals surface area contributed by atoms with Crippen molar-refractivity contribution in [2.45, 2.75) is 129 Å². The maximum Gasteiger partial charge on any atom is 0.308 e. The SMILES string of the molecule is CCC(CC)(O[Si](C)(C)C(C)[C@@](C)(CC)O[SiH](C)O[Si](C)(C)C)[Si](C)(C)C. The third kappa shape index (κ3) is 7.50. The van der Waals surface area contributed by atoms with Gasteiger partial charge in [0, 0.05) is 10.8 Å². The van der Waals surface area contributed by atoms with Gasteiger partial charge >= 0.3 is 9.28 Å². The minimum absolute atomic E-state index is 0.0590. The van der Waals surface area contributed by atoms with Crippen LogP contribution in [0.2, 0.25) is 64.5 Å². The van der Waals surface area contributed by atoms with Crippen molar-refractivity contribution in [2.75, 3.05) is 0 Å². The van der Waals surface area contributed by atoms with Crippen LogP contribution in [0.15, 0.2) is 0 Å². The quantitative estimate of drug-likeness (QED) is 0.302. The Morgan fingerprint density at radius 3 is 1.59 bits per heavy atom. The van der Waals surface area contributed by atoms with Crippen molar-refractivity contribution in [3.05, 3.63) is 0 Å². The highest BCUT2D eigenvalue weighted by atomic mass is 28.4. The first-order valence-electron chi connectivity index (χ1n) is 11.0. The third-order valence-corrected chi connectivity index (χ3v) is 19.0. The van der Waals surface area contributed by atoms with Crippen LogP contribution in [-0.4, -0.2) is 44.8 Å². The predicted octanol–water partition coefficient (Wildman–Crippen LogP) is 6.92. The summed E-state index contributed by atoms with van der Waals surface area (Å²) < 4.78 is 20.2. The molecule has 0 N–H and O–H groups in total. The highest BCUT2D eigenvalue weighted by Crippen LogP contribution is 2.44. The highest BCUT2D eigenvalue weighted by molar-refractivity contribution is 6.81. The Balaban J connectivity index is 5.63. The van der Waals surface area contributed by atoms with Crippen molar-refractivity contribution in [1.82, 2.24) is 0 Å². The monoisotopic (exact) mass is 450 g/mol. The normalized spacial score (nSPS) is 18.9. The van der Waals surface area contributed by atoms with E-state index in [1.54, 1.807) is 0 Å². The number of hydrogen-bond donors (Lipinski definition) is 0. The molecule has 0 fully saturated rings. The Hall–Kier alpha value is 0.748. The Kier molecular flexibility index (Phi) is 9.97. The summed E-state index contributed by atoms with van der Waals surface area (Å²) in [4.78, 5) is 0. The molecular weight excluding hydrogens is 401 g/mol. The Bertz CT molecular complexity index is 453. The van der Waals surface area contributed by atoms with Gasteiger partial charge in [-0.25, -0.2) is 0 Å². The molecule has 27 heavy (non-hydrogen) atoms. The van der Waals surface area contributed by atoms with Gasteiger partial charge in [-0.1, -0.05) is 47.3 Å². The van der Waals surface area contributed by atoms with Crippen molar-refractivity contribution in [2.24, 2.45) is 0 Å². The average molecular weight is 451 g/mol. The lowest BCUT2D eigenvalue weighted by Gasteiger charge is -2.52. The zero-order chi connectivity index (χ0) is 21.9. The summed E-state index contributed by atoms with van der Waals surface area (Å²) >= 11 is 0. The Labute approximate surface area is 176 Å². The zero-order valence-electron chi connectivity index (χ0n) is 21.0. The van der Waals surface area contributed by atoms with Crippen LogP contribution in [0.1, 0.15) is 53.9 Å². The second-order valence-corrected chi connectivity index (χ2v) is 27.2. The summed E-state index contributed by atoms with van der Waals surface area (Å²) in [5, 5.41) is 0.0590. The fourth-order valence-corrected chi connectivity index (χ4v) is 17.1. The van der Waals surface area contributed by atoms with Gasteiger partial charge in [0.25, 0.3) is 0 Å². The summed E-state index contributed by atoms with van der Waals surface area (Å²) in [7, 11) is -6.68. The van der Waals surface area contributed by atoms with Crippen LogP contribution >= 0.6 is 0 Å². The lowest BCUT2D eigenvalue weighted by atomic mass is 10.00. The first-order valence-corrected chi connectivity index (χ1v) is 22.9. The van der Waals surface area contributed by atoms with Gasteiger partial charge in [0.15, 0.2) is 16.6 Å². The molecule has 0 aromatic carbocycles. The number of rotatable bonds is 12. The van der Waals surface area contributed by atoms with Gasteiger partial charge in [-0.2, -0.15) is 0 Å². The molecule has 2 unspecified atom stereocenters. The molecule has 0 amide bonds. The summed E-state index contributed by atoms with van der Waals surface area (Å²) in [6.45, 7) is 32.7. The van der Waals surface area contributed by atoms with Crippen LogP contribution in [0.5, 0.6) is 0 Å². The molecule has 164 valence electrons. The molecule has 0 aliphatic heterocycles. The van der Waals surface area contributed by atoms with E-state index >= 15 is 0 Å². The lowest BCUT2D eigenvalue weighted by molar-refractivity contribution is 0.0423. The van der Waals surface area contributed by atoms with Gasteiger partial charge < -0.3 is 13.0 Å². The van der Waals surface area contributed by atoms with Crippen molar-refractivity contribution in [3.8, 4) is 0 Å². The smallest absolute Gasteiger partial charge is 0.308 e. The first-order chi connectivity index (χ1) is 11.9. The van der Waals surface area contributed by atoms with Crippen LogP contribution in [0, 0.1) is 0 Å². The van der Waals surface area contributed by atoms with Gasteiger partial charge in [-0.15, -0.1) is 0 Å². The van der Waals surface area contributed by atoms with E-state index in [2.05, 4.69) is 93.5 Å².